The van der Waals surface area contributed by atoms with E-state index in [1.807, 2.05) is 11.3 Å². The second-order valence-electron chi connectivity index (χ2n) is 7.52. The molecule has 0 bridgehead atoms. The van der Waals surface area contributed by atoms with Crippen LogP contribution >= 0.6 is 11.3 Å². The lowest BCUT2D eigenvalue weighted by Crippen LogP contribution is -2.27. The lowest BCUT2D eigenvalue weighted by Gasteiger charge is -2.23. The van der Waals surface area contributed by atoms with Crippen molar-refractivity contribution in [2.45, 2.75) is 44.3 Å². The monoisotopic (exact) mass is 413 g/mol. The Morgan fingerprint density at radius 2 is 2.07 bits per heavy atom. The van der Waals surface area contributed by atoms with Gasteiger partial charge in [-0.25, -0.2) is 15.0 Å². The van der Waals surface area contributed by atoms with Crippen LogP contribution < -0.4 is 4.90 Å². The van der Waals surface area contributed by atoms with Gasteiger partial charge in [0.15, 0.2) is 5.82 Å². The molecule has 0 aromatic carbocycles. The molecule has 6 nitrogen and oxygen atoms in total. The second-order valence-corrected chi connectivity index (χ2v) is 10.6. The van der Waals surface area contributed by atoms with Crippen LogP contribution in [0.1, 0.15) is 36.6 Å². The van der Waals surface area contributed by atoms with Crippen molar-refractivity contribution in [2.24, 2.45) is 0 Å². The summed E-state index contributed by atoms with van der Waals surface area (Å²) in [5, 5.41) is 1.45. The number of hydrogen-bond acceptors (Lipinski definition) is 7. The van der Waals surface area contributed by atoms with Crippen molar-refractivity contribution in [1.82, 2.24) is 19.9 Å². The minimum absolute atomic E-state index is 0.234. The molecule has 8 heteroatoms. The van der Waals surface area contributed by atoms with Gasteiger partial charge in [-0.15, -0.1) is 11.3 Å². The van der Waals surface area contributed by atoms with Gasteiger partial charge >= 0.3 is 0 Å². The normalized spacial score (nSPS) is 22.8. The number of hydrogen-bond donors (Lipinski definition) is 0. The molecule has 5 rings (SSSR count). The van der Waals surface area contributed by atoms with Crippen molar-refractivity contribution < 1.29 is 4.21 Å². The maximum absolute atomic E-state index is 12.4. The smallest absolute Gasteiger partial charge is 0.183 e. The predicted octanol–water partition coefficient (Wildman–Crippen LogP) is 3.37. The van der Waals surface area contributed by atoms with Gasteiger partial charge in [-0.05, 0) is 37.7 Å². The van der Waals surface area contributed by atoms with Gasteiger partial charge in [0, 0.05) is 52.2 Å². The first kappa shape index (κ1) is 18.1. The van der Waals surface area contributed by atoms with Gasteiger partial charge in [0.25, 0.3) is 0 Å². The summed E-state index contributed by atoms with van der Waals surface area (Å²) in [6, 6.07) is 0. The highest BCUT2D eigenvalue weighted by Crippen LogP contribution is 2.40. The highest BCUT2D eigenvalue weighted by Gasteiger charge is 2.27. The summed E-state index contributed by atoms with van der Waals surface area (Å²) < 4.78 is 12.4. The van der Waals surface area contributed by atoms with E-state index in [9.17, 15) is 4.21 Å². The Morgan fingerprint density at radius 1 is 1.18 bits per heavy atom. The Bertz CT molecular complexity index is 1040. The molecule has 0 N–H and O–H groups in total. The topological polar surface area (TPSA) is 71.9 Å². The van der Waals surface area contributed by atoms with Crippen LogP contribution in [-0.4, -0.2) is 48.2 Å². The van der Waals surface area contributed by atoms with Crippen LogP contribution in [0.2, 0.25) is 0 Å². The first-order valence-electron chi connectivity index (χ1n) is 9.91. The van der Waals surface area contributed by atoms with E-state index in [0.29, 0.717) is 17.3 Å². The van der Waals surface area contributed by atoms with Crippen LogP contribution in [0.15, 0.2) is 18.6 Å². The molecule has 146 valence electrons. The van der Waals surface area contributed by atoms with Crippen molar-refractivity contribution in [3.63, 3.8) is 0 Å². The van der Waals surface area contributed by atoms with E-state index in [0.717, 1.165) is 43.0 Å². The summed E-state index contributed by atoms with van der Waals surface area (Å²) in [5.74, 6) is 2.32. The molecule has 3 aromatic rings. The highest BCUT2D eigenvalue weighted by molar-refractivity contribution is 7.85. The standard InChI is InChI=1S/C20H23N5OS2/c1-13-6-9-25(10-11-28(13)26)19-17-14-4-2-3-5-16(14)27-20(17)24-18(23-19)15-12-21-7-8-22-15/h7-8,12-13H,2-6,9-11H2,1H3/t13-,28-/m1/s1. The van der Waals surface area contributed by atoms with Crippen LogP contribution in [0.5, 0.6) is 0 Å². The SMILES string of the molecule is C[C@@H]1CCN(c2nc(-c3cnccn3)nc3sc4c(c23)CCCC4)CC[S@]1=O. The molecule has 0 radical (unpaired) electrons. The van der Waals surface area contributed by atoms with Gasteiger partial charge in [-0.3, -0.25) is 9.19 Å². The third-order valence-corrected chi connectivity index (χ3v) is 8.61. The molecular weight excluding hydrogens is 390 g/mol. The van der Waals surface area contributed by atoms with E-state index >= 15 is 0 Å². The number of anilines is 1. The lowest BCUT2D eigenvalue weighted by atomic mass is 9.97. The molecule has 1 fully saturated rings. The molecule has 0 spiro atoms. The van der Waals surface area contributed by atoms with Gasteiger partial charge in [0.2, 0.25) is 0 Å². The molecule has 0 amide bonds. The Labute approximate surface area is 170 Å². The van der Waals surface area contributed by atoms with Crippen LogP contribution in [0, 0.1) is 0 Å². The first-order valence-corrected chi connectivity index (χ1v) is 12.1. The molecule has 28 heavy (non-hydrogen) atoms. The average molecular weight is 414 g/mol. The molecule has 1 saturated heterocycles. The van der Waals surface area contributed by atoms with Crippen molar-refractivity contribution in [3.8, 4) is 11.5 Å². The summed E-state index contributed by atoms with van der Waals surface area (Å²) >= 11 is 1.81. The van der Waals surface area contributed by atoms with E-state index in [1.54, 1.807) is 18.6 Å². The molecule has 1 aliphatic carbocycles. The third kappa shape index (κ3) is 3.22. The van der Waals surface area contributed by atoms with Crippen molar-refractivity contribution >= 4 is 38.2 Å². The van der Waals surface area contributed by atoms with Crippen LogP contribution in [0.4, 0.5) is 5.82 Å². The van der Waals surface area contributed by atoms with E-state index in [-0.39, 0.29) is 5.25 Å². The summed E-state index contributed by atoms with van der Waals surface area (Å²) in [6.07, 6.45) is 10.7. The van der Waals surface area contributed by atoms with Gasteiger partial charge in [-0.2, -0.15) is 0 Å². The van der Waals surface area contributed by atoms with Crippen LogP contribution in [-0.2, 0) is 23.6 Å². The van der Waals surface area contributed by atoms with Crippen molar-refractivity contribution in [2.75, 3.05) is 23.7 Å². The maximum Gasteiger partial charge on any atom is 0.183 e. The average Bonchev–Trinajstić information content (AvgIpc) is 3.03. The Hall–Kier alpha value is -1.93. The molecule has 2 aliphatic rings. The van der Waals surface area contributed by atoms with Crippen LogP contribution in [0.3, 0.4) is 0 Å². The second kappa shape index (κ2) is 7.48. The van der Waals surface area contributed by atoms with Gasteiger partial charge < -0.3 is 4.90 Å². The predicted molar refractivity (Wildman–Crippen MR) is 114 cm³/mol. The quantitative estimate of drug-likeness (QED) is 0.641. The van der Waals surface area contributed by atoms with Crippen LogP contribution in [0.25, 0.3) is 21.7 Å². The molecular formula is C20H23N5OS2. The number of aryl methyl sites for hydroxylation is 2. The summed E-state index contributed by atoms with van der Waals surface area (Å²) in [4.78, 5) is 23.3. The molecule has 0 saturated carbocycles. The minimum atomic E-state index is -0.769. The fourth-order valence-electron chi connectivity index (χ4n) is 4.09. The molecule has 1 aliphatic heterocycles. The van der Waals surface area contributed by atoms with E-state index in [2.05, 4.69) is 21.8 Å². The Kier molecular flexibility index (Phi) is 4.84. The number of aromatic nitrogens is 4. The molecule has 4 heterocycles. The maximum atomic E-state index is 12.4. The van der Waals surface area contributed by atoms with Gasteiger partial charge in [0.1, 0.15) is 16.3 Å². The van der Waals surface area contributed by atoms with Gasteiger partial charge in [-0.1, -0.05) is 6.92 Å². The number of rotatable bonds is 2. The molecule has 2 atom stereocenters. The fraction of sp³-hybridized carbons (Fsp3) is 0.500. The zero-order valence-corrected chi connectivity index (χ0v) is 17.6. The number of fused-ring (bicyclic) bond motifs is 3. The van der Waals surface area contributed by atoms with Gasteiger partial charge in [0.05, 0.1) is 11.6 Å². The highest BCUT2D eigenvalue weighted by atomic mass is 32.2. The van der Waals surface area contributed by atoms with E-state index in [4.69, 9.17) is 9.97 Å². The van der Waals surface area contributed by atoms with Crippen molar-refractivity contribution in [1.29, 1.82) is 0 Å². The Morgan fingerprint density at radius 3 is 2.93 bits per heavy atom. The Balaban J connectivity index is 1.68. The molecule has 3 aromatic heterocycles. The third-order valence-electron chi connectivity index (χ3n) is 5.70. The summed E-state index contributed by atoms with van der Waals surface area (Å²) in [5.41, 5.74) is 2.13. The molecule has 0 unspecified atom stereocenters. The summed E-state index contributed by atoms with van der Waals surface area (Å²) in [6.45, 7) is 3.74. The first-order chi connectivity index (χ1) is 13.7. The largest absolute Gasteiger partial charge is 0.355 e. The fourth-order valence-corrected chi connectivity index (χ4v) is 6.52. The minimum Gasteiger partial charge on any atom is -0.355 e. The zero-order chi connectivity index (χ0) is 19.1. The lowest BCUT2D eigenvalue weighted by molar-refractivity contribution is 0.671. The van der Waals surface area contributed by atoms with E-state index < -0.39 is 10.8 Å². The zero-order valence-electron chi connectivity index (χ0n) is 15.9. The summed E-state index contributed by atoms with van der Waals surface area (Å²) in [7, 11) is -0.769. The number of nitrogens with zero attached hydrogens (tertiary/aromatic N) is 5. The van der Waals surface area contributed by atoms with Crippen molar-refractivity contribution in [3.05, 3.63) is 29.0 Å². The number of thiophene rings is 1. The van der Waals surface area contributed by atoms with E-state index in [1.165, 1.54) is 28.7 Å².